The lowest BCUT2D eigenvalue weighted by molar-refractivity contribution is -0.150. The van der Waals surface area contributed by atoms with Gasteiger partial charge in [0.25, 0.3) is 0 Å². The molecule has 1 saturated carbocycles. The van der Waals surface area contributed by atoms with Gasteiger partial charge in [-0.1, -0.05) is 30.3 Å². The average molecular weight is 361 g/mol. The minimum atomic E-state index is -0.424. The van der Waals surface area contributed by atoms with Crippen molar-refractivity contribution in [2.45, 2.75) is 51.2 Å². The molecule has 26 heavy (non-hydrogen) atoms. The van der Waals surface area contributed by atoms with Gasteiger partial charge in [0, 0.05) is 12.6 Å². The van der Waals surface area contributed by atoms with Gasteiger partial charge in [-0.05, 0) is 38.2 Å². The third-order valence-corrected chi connectivity index (χ3v) is 4.28. The maximum absolute atomic E-state index is 11.9. The molecule has 1 aliphatic rings. The van der Waals surface area contributed by atoms with Crippen LogP contribution in [-0.4, -0.2) is 43.1 Å². The van der Waals surface area contributed by atoms with E-state index >= 15 is 0 Å². The molecule has 1 fully saturated rings. The molecule has 0 unspecified atom stereocenters. The Hall–Kier alpha value is -2.57. The van der Waals surface area contributed by atoms with Crippen molar-refractivity contribution < 1.29 is 19.1 Å². The van der Waals surface area contributed by atoms with Crippen LogP contribution in [-0.2, 0) is 20.7 Å². The number of amides is 3. The van der Waals surface area contributed by atoms with Gasteiger partial charge in [-0.15, -0.1) is 0 Å². The van der Waals surface area contributed by atoms with Crippen molar-refractivity contribution in [3.05, 3.63) is 35.9 Å². The molecular weight excluding hydrogens is 334 g/mol. The number of hydrogen-bond donors (Lipinski definition) is 3. The first-order chi connectivity index (χ1) is 12.6. The lowest BCUT2D eigenvalue weighted by Gasteiger charge is -2.28. The first kappa shape index (κ1) is 19.8. The molecule has 1 aromatic rings. The Bertz CT molecular complexity index is 598. The summed E-state index contributed by atoms with van der Waals surface area (Å²) < 4.78 is 5.41. The number of rotatable bonds is 7. The number of esters is 1. The summed E-state index contributed by atoms with van der Waals surface area (Å²) in [5.74, 6) is -0.630. The van der Waals surface area contributed by atoms with Gasteiger partial charge in [-0.25, -0.2) is 4.79 Å². The monoisotopic (exact) mass is 361 g/mol. The fourth-order valence-corrected chi connectivity index (χ4v) is 2.96. The molecule has 0 heterocycles. The van der Waals surface area contributed by atoms with Crippen LogP contribution in [0.2, 0.25) is 0 Å². The summed E-state index contributed by atoms with van der Waals surface area (Å²) in [6.07, 6.45) is 3.05. The zero-order valence-electron chi connectivity index (χ0n) is 15.1. The highest BCUT2D eigenvalue weighted by atomic mass is 16.5. The molecule has 142 valence electrons. The number of ether oxygens (including phenoxy) is 1. The van der Waals surface area contributed by atoms with Crippen LogP contribution in [0.4, 0.5) is 4.79 Å². The third-order valence-electron chi connectivity index (χ3n) is 4.28. The largest absolute Gasteiger partial charge is 0.461 e. The van der Waals surface area contributed by atoms with Crippen LogP contribution in [0.15, 0.2) is 30.3 Å². The molecule has 7 heteroatoms. The SMILES string of the molecule is CCNC(=O)NC1CCC(OC(=O)CNC(=O)Cc2ccccc2)CC1. The van der Waals surface area contributed by atoms with Crippen molar-refractivity contribution >= 4 is 17.9 Å². The van der Waals surface area contributed by atoms with Gasteiger partial charge in [0.1, 0.15) is 12.6 Å². The Kier molecular flexibility index (Phi) is 7.92. The van der Waals surface area contributed by atoms with E-state index in [-0.39, 0.29) is 37.0 Å². The second kappa shape index (κ2) is 10.4. The van der Waals surface area contributed by atoms with E-state index in [1.165, 1.54) is 0 Å². The van der Waals surface area contributed by atoms with Gasteiger partial charge < -0.3 is 20.7 Å². The summed E-state index contributed by atoms with van der Waals surface area (Å²) in [6, 6.07) is 9.31. The Morgan fingerprint density at radius 1 is 1.04 bits per heavy atom. The predicted octanol–water partition coefficient (Wildman–Crippen LogP) is 1.52. The van der Waals surface area contributed by atoms with Crippen molar-refractivity contribution in [1.29, 1.82) is 0 Å². The van der Waals surface area contributed by atoms with Crippen molar-refractivity contribution in [2.24, 2.45) is 0 Å². The lowest BCUT2D eigenvalue weighted by Crippen LogP contribution is -2.44. The van der Waals surface area contributed by atoms with Crippen LogP contribution in [0.25, 0.3) is 0 Å². The molecule has 3 amide bonds. The fourth-order valence-electron chi connectivity index (χ4n) is 2.96. The van der Waals surface area contributed by atoms with Crippen molar-refractivity contribution in [3.8, 4) is 0 Å². The first-order valence-electron chi connectivity index (χ1n) is 9.11. The summed E-state index contributed by atoms with van der Waals surface area (Å²) in [4.78, 5) is 35.2. The van der Waals surface area contributed by atoms with E-state index in [4.69, 9.17) is 4.74 Å². The van der Waals surface area contributed by atoms with E-state index in [2.05, 4.69) is 16.0 Å². The molecule has 0 aromatic heterocycles. The summed E-state index contributed by atoms with van der Waals surface area (Å²) in [6.45, 7) is 2.34. The molecule has 7 nitrogen and oxygen atoms in total. The van der Waals surface area contributed by atoms with Gasteiger partial charge in [-0.2, -0.15) is 0 Å². The molecule has 3 N–H and O–H groups in total. The van der Waals surface area contributed by atoms with E-state index in [1.54, 1.807) is 0 Å². The standard InChI is InChI=1S/C19H27N3O4/c1-2-20-19(25)22-15-8-10-16(11-9-15)26-18(24)13-21-17(23)12-14-6-4-3-5-7-14/h3-7,15-16H,2,8-13H2,1H3,(H,21,23)(H2,20,22,25). The number of benzene rings is 1. The van der Waals surface area contributed by atoms with E-state index in [9.17, 15) is 14.4 Å². The van der Waals surface area contributed by atoms with E-state index in [0.29, 0.717) is 19.4 Å². The highest BCUT2D eigenvalue weighted by molar-refractivity contribution is 5.83. The molecule has 0 radical (unpaired) electrons. The lowest BCUT2D eigenvalue weighted by atomic mass is 9.93. The molecule has 0 saturated heterocycles. The quantitative estimate of drug-likeness (QED) is 0.642. The number of hydrogen-bond acceptors (Lipinski definition) is 4. The smallest absolute Gasteiger partial charge is 0.325 e. The summed E-state index contributed by atoms with van der Waals surface area (Å²) in [5, 5.41) is 8.21. The highest BCUT2D eigenvalue weighted by Gasteiger charge is 2.24. The molecule has 2 rings (SSSR count). The zero-order chi connectivity index (χ0) is 18.8. The van der Waals surface area contributed by atoms with Crippen LogP contribution < -0.4 is 16.0 Å². The number of carbonyl (C=O) groups excluding carboxylic acids is 3. The van der Waals surface area contributed by atoms with E-state index < -0.39 is 5.97 Å². The van der Waals surface area contributed by atoms with Crippen LogP contribution in [0.1, 0.15) is 38.2 Å². The Morgan fingerprint density at radius 2 is 1.73 bits per heavy atom. The minimum absolute atomic E-state index is 0.113. The van der Waals surface area contributed by atoms with Crippen LogP contribution in [0.5, 0.6) is 0 Å². The van der Waals surface area contributed by atoms with Crippen LogP contribution in [0.3, 0.4) is 0 Å². The molecule has 0 atom stereocenters. The highest BCUT2D eigenvalue weighted by Crippen LogP contribution is 2.21. The summed E-state index contributed by atoms with van der Waals surface area (Å²) >= 11 is 0. The third kappa shape index (κ3) is 7.13. The molecule has 0 spiro atoms. The van der Waals surface area contributed by atoms with Crippen molar-refractivity contribution in [1.82, 2.24) is 16.0 Å². The molecule has 1 aliphatic carbocycles. The molecule has 0 aliphatic heterocycles. The maximum atomic E-state index is 11.9. The Labute approximate surface area is 153 Å². The van der Waals surface area contributed by atoms with Crippen molar-refractivity contribution in [2.75, 3.05) is 13.1 Å². The predicted molar refractivity (Wildman–Crippen MR) is 97.5 cm³/mol. The molecule has 1 aromatic carbocycles. The van der Waals surface area contributed by atoms with E-state index in [1.807, 2.05) is 37.3 Å². The number of urea groups is 1. The minimum Gasteiger partial charge on any atom is -0.461 e. The van der Waals surface area contributed by atoms with Crippen LogP contribution >= 0.6 is 0 Å². The molecule has 0 bridgehead atoms. The Morgan fingerprint density at radius 3 is 2.38 bits per heavy atom. The number of nitrogens with one attached hydrogen (secondary N) is 3. The second-order valence-electron chi connectivity index (χ2n) is 6.41. The van der Waals surface area contributed by atoms with Crippen molar-refractivity contribution in [3.63, 3.8) is 0 Å². The first-order valence-corrected chi connectivity index (χ1v) is 9.11. The summed E-state index contributed by atoms with van der Waals surface area (Å²) in [7, 11) is 0. The van der Waals surface area contributed by atoms with Gasteiger partial charge in [0.15, 0.2) is 0 Å². The van der Waals surface area contributed by atoms with Gasteiger partial charge in [0.2, 0.25) is 5.91 Å². The normalized spacial score (nSPS) is 19.3. The number of carbonyl (C=O) groups is 3. The second-order valence-corrected chi connectivity index (χ2v) is 6.41. The topological polar surface area (TPSA) is 96.5 Å². The fraction of sp³-hybridized carbons (Fsp3) is 0.526. The van der Waals surface area contributed by atoms with Gasteiger partial charge >= 0.3 is 12.0 Å². The summed E-state index contributed by atoms with van der Waals surface area (Å²) in [5.41, 5.74) is 0.899. The Balaban J connectivity index is 1.61. The van der Waals surface area contributed by atoms with Gasteiger partial charge in [0.05, 0.1) is 6.42 Å². The van der Waals surface area contributed by atoms with Crippen LogP contribution in [0, 0.1) is 0 Å². The van der Waals surface area contributed by atoms with Gasteiger partial charge in [-0.3, -0.25) is 9.59 Å². The average Bonchev–Trinajstić information content (AvgIpc) is 2.63. The molecular formula is C19H27N3O4. The zero-order valence-corrected chi connectivity index (χ0v) is 15.1. The van der Waals surface area contributed by atoms with E-state index in [0.717, 1.165) is 18.4 Å². The maximum Gasteiger partial charge on any atom is 0.325 e.